The number of aromatic nitrogens is 3. The van der Waals surface area contributed by atoms with Crippen molar-refractivity contribution in [2.75, 3.05) is 18.2 Å². The van der Waals surface area contributed by atoms with Crippen LogP contribution in [0.25, 0.3) is 0 Å². The molecule has 7 nitrogen and oxygen atoms in total. The molecule has 0 unspecified atom stereocenters. The molecule has 3 rings (SSSR count). The van der Waals surface area contributed by atoms with Gasteiger partial charge in [-0.2, -0.15) is 0 Å². The molecule has 1 heterocycles. The van der Waals surface area contributed by atoms with Crippen LogP contribution in [-0.4, -0.2) is 33.5 Å². The number of benzene rings is 2. The summed E-state index contributed by atoms with van der Waals surface area (Å²) in [5.41, 5.74) is 4.00. The molecule has 1 N–H and O–H groups in total. The quantitative estimate of drug-likeness (QED) is 0.355. The molecule has 0 aliphatic heterocycles. The number of amides is 1. The van der Waals surface area contributed by atoms with Crippen molar-refractivity contribution in [3.63, 3.8) is 0 Å². The van der Waals surface area contributed by atoms with E-state index in [1.165, 1.54) is 11.8 Å². The van der Waals surface area contributed by atoms with Gasteiger partial charge >= 0.3 is 0 Å². The molecule has 0 spiro atoms. The number of aryl methyl sites for hydroxylation is 3. The molecule has 1 aromatic heterocycles. The van der Waals surface area contributed by atoms with Crippen molar-refractivity contribution in [1.82, 2.24) is 14.8 Å². The Morgan fingerprint density at radius 2 is 1.91 bits per heavy atom. The zero-order valence-corrected chi connectivity index (χ0v) is 19.7. The number of para-hydroxylation sites is 1. The molecule has 1 amide bonds. The fourth-order valence-electron chi connectivity index (χ4n) is 3.20. The Hall–Kier alpha value is -3.26. The van der Waals surface area contributed by atoms with Crippen LogP contribution < -0.4 is 14.8 Å². The van der Waals surface area contributed by atoms with Crippen LogP contribution in [0.5, 0.6) is 11.5 Å². The number of anilines is 1. The molecule has 0 atom stereocenters. The summed E-state index contributed by atoms with van der Waals surface area (Å²) in [6, 6.07) is 11.7. The summed E-state index contributed by atoms with van der Waals surface area (Å²) in [6.45, 7) is 10.5. The van der Waals surface area contributed by atoms with Crippen LogP contribution in [0.4, 0.5) is 5.69 Å². The fraction of sp³-hybridized carbons (Fsp3) is 0.292. The van der Waals surface area contributed by atoms with Gasteiger partial charge in [0.25, 0.3) is 0 Å². The molecular formula is C24H28N4O3S. The molecule has 0 saturated heterocycles. The molecule has 32 heavy (non-hydrogen) atoms. The highest BCUT2D eigenvalue weighted by atomic mass is 32.2. The van der Waals surface area contributed by atoms with E-state index in [2.05, 4.69) is 22.1 Å². The number of carbonyl (C=O) groups excluding carboxylic acids is 1. The lowest BCUT2D eigenvalue weighted by Crippen LogP contribution is -2.16. The highest BCUT2D eigenvalue weighted by Crippen LogP contribution is 2.29. The number of carbonyl (C=O) groups is 1. The number of rotatable bonds is 10. The van der Waals surface area contributed by atoms with Crippen LogP contribution in [0, 0.1) is 20.8 Å². The Kier molecular flexibility index (Phi) is 7.94. The van der Waals surface area contributed by atoms with E-state index in [-0.39, 0.29) is 18.3 Å². The van der Waals surface area contributed by atoms with E-state index in [9.17, 15) is 4.79 Å². The van der Waals surface area contributed by atoms with Crippen molar-refractivity contribution >= 4 is 23.4 Å². The Bertz CT molecular complexity index is 1090. The van der Waals surface area contributed by atoms with Crippen molar-refractivity contribution in [3.05, 3.63) is 71.6 Å². The highest BCUT2D eigenvalue weighted by Gasteiger charge is 2.16. The zero-order valence-electron chi connectivity index (χ0n) is 18.8. The van der Waals surface area contributed by atoms with Gasteiger partial charge in [0.05, 0.1) is 12.9 Å². The average molecular weight is 453 g/mol. The molecule has 0 fully saturated rings. The van der Waals surface area contributed by atoms with Crippen LogP contribution in [0.15, 0.2) is 54.2 Å². The lowest BCUT2D eigenvalue weighted by molar-refractivity contribution is -0.113. The maximum atomic E-state index is 12.5. The maximum Gasteiger partial charge on any atom is 0.234 e. The van der Waals surface area contributed by atoms with Gasteiger partial charge in [-0.25, -0.2) is 0 Å². The third-order valence-corrected chi connectivity index (χ3v) is 5.83. The second kappa shape index (κ2) is 10.9. The van der Waals surface area contributed by atoms with Gasteiger partial charge in [0, 0.05) is 12.2 Å². The summed E-state index contributed by atoms with van der Waals surface area (Å²) in [7, 11) is 1.61. The molecule has 168 valence electrons. The highest BCUT2D eigenvalue weighted by molar-refractivity contribution is 7.99. The number of ether oxygens (including phenoxy) is 2. The van der Waals surface area contributed by atoms with Crippen molar-refractivity contribution in [3.8, 4) is 11.5 Å². The number of methoxy groups -OCH3 is 1. The normalized spacial score (nSPS) is 10.6. The van der Waals surface area contributed by atoms with Crippen LogP contribution in [0.3, 0.4) is 0 Å². The summed E-state index contributed by atoms with van der Waals surface area (Å²) >= 11 is 1.33. The monoisotopic (exact) mass is 452 g/mol. The molecule has 0 aliphatic carbocycles. The number of allylic oxidation sites excluding steroid dienone is 1. The van der Waals surface area contributed by atoms with Crippen molar-refractivity contribution in [1.29, 1.82) is 0 Å². The number of hydrogen-bond donors (Lipinski definition) is 1. The van der Waals surface area contributed by atoms with Gasteiger partial charge in [0.1, 0.15) is 6.61 Å². The van der Waals surface area contributed by atoms with Crippen LogP contribution in [0.1, 0.15) is 22.5 Å². The molecule has 8 heteroatoms. The first kappa shape index (κ1) is 23.4. The predicted molar refractivity (Wildman–Crippen MR) is 128 cm³/mol. The second-order valence-electron chi connectivity index (χ2n) is 7.34. The molecular weight excluding hydrogens is 424 g/mol. The lowest BCUT2D eigenvalue weighted by Gasteiger charge is -2.13. The minimum Gasteiger partial charge on any atom is -0.493 e. The molecule has 3 aromatic rings. The predicted octanol–water partition coefficient (Wildman–Crippen LogP) is 4.71. The number of nitrogens with one attached hydrogen (secondary N) is 1. The van der Waals surface area contributed by atoms with Gasteiger partial charge < -0.3 is 14.8 Å². The van der Waals surface area contributed by atoms with E-state index in [1.807, 2.05) is 61.7 Å². The van der Waals surface area contributed by atoms with E-state index < -0.39 is 0 Å². The van der Waals surface area contributed by atoms with Crippen LogP contribution in [0.2, 0.25) is 0 Å². The molecule has 0 radical (unpaired) electrons. The van der Waals surface area contributed by atoms with Gasteiger partial charge in [-0.05, 0) is 49.6 Å². The number of nitrogens with zero attached hydrogens (tertiary/aromatic N) is 3. The Morgan fingerprint density at radius 3 is 2.59 bits per heavy atom. The third-order valence-electron chi connectivity index (χ3n) is 4.86. The first-order valence-corrected chi connectivity index (χ1v) is 11.2. The Balaban J connectivity index is 1.67. The number of thioether (sulfide) groups is 1. The molecule has 0 bridgehead atoms. The summed E-state index contributed by atoms with van der Waals surface area (Å²) in [5, 5.41) is 12.1. The largest absolute Gasteiger partial charge is 0.493 e. The van der Waals surface area contributed by atoms with Crippen LogP contribution in [-0.2, 0) is 17.9 Å². The van der Waals surface area contributed by atoms with E-state index in [0.717, 1.165) is 22.4 Å². The molecule has 0 aliphatic rings. The summed E-state index contributed by atoms with van der Waals surface area (Å²) in [4.78, 5) is 12.5. The van der Waals surface area contributed by atoms with Gasteiger partial charge in [-0.3, -0.25) is 9.36 Å². The standard InChI is InChI=1S/C24H28N4O3S/c1-6-12-28-21(14-31-19-11-10-16(2)13-20(19)30-5)26-27-24(28)32-15-22(29)25-23-17(3)8-7-9-18(23)4/h6-11,13H,1,12,14-15H2,2-5H3,(H,25,29). The molecule has 0 saturated carbocycles. The summed E-state index contributed by atoms with van der Waals surface area (Å²) in [6.07, 6.45) is 1.76. The van der Waals surface area contributed by atoms with E-state index in [4.69, 9.17) is 9.47 Å². The minimum absolute atomic E-state index is 0.0947. The first-order chi connectivity index (χ1) is 15.4. The Morgan fingerprint density at radius 1 is 1.16 bits per heavy atom. The van der Waals surface area contributed by atoms with E-state index >= 15 is 0 Å². The Labute approximate surface area is 192 Å². The van der Waals surface area contributed by atoms with E-state index in [0.29, 0.717) is 29.0 Å². The van der Waals surface area contributed by atoms with Gasteiger partial charge in [-0.15, -0.1) is 16.8 Å². The minimum atomic E-state index is -0.0947. The van der Waals surface area contributed by atoms with Crippen molar-refractivity contribution in [2.24, 2.45) is 0 Å². The summed E-state index contributed by atoms with van der Waals surface area (Å²) < 4.78 is 13.2. The maximum absolute atomic E-state index is 12.5. The smallest absolute Gasteiger partial charge is 0.234 e. The molecule has 2 aromatic carbocycles. The summed E-state index contributed by atoms with van der Waals surface area (Å²) in [5.74, 6) is 2.06. The van der Waals surface area contributed by atoms with Crippen molar-refractivity contribution < 1.29 is 14.3 Å². The second-order valence-corrected chi connectivity index (χ2v) is 8.29. The topological polar surface area (TPSA) is 78.3 Å². The number of hydrogen-bond acceptors (Lipinski definition) is 6. The van der Waals surface area contributed by atoms with Gasteiger partial charge in [0.2, 0.25) is 5.91 Å². The average Bonchev–Trinajstić information content (AvgIpc) is 3.15. The first-order valence-electron chi connectivity index (χ1n) is 10.2. The SMILES string of the molecule is C=CCn1c(COc2ccc(C)cc2OC)nnc1SCC(=O)Nc1c(C)cccc1C. The fourth-order valence-corrected chi connectivity index (χ4v) is 3.97. The van der Waals surface area contributed by atoms with Gasteiger partial charge in [0.15, 0.2) is 22.5 Å². The zero-order chi connectivity index (χ0) is 23.1. The van der Waals surface area contributed by atoms with Crippen LogP contribution >= 0.6 is 11.8 Å². The lowest BCUT2D eigenvalue weighted by atomic mass is 10.1. The van der Waals surface area contributed by atoms with Crippen molar-refractivity contribution in [2.45, 2.75) is 39.1 Å². The third kappa shape index (κ3) is 5.70. The van der Waals surface area contributed by atoms with Gasteiger partial charge in [-0.1, -0.05) is 42.1 Å². The van der Waals surface area contributed by atoms with E-state index in [1.54, 1.807) is 13.2 Å².